The van der Waals surface area contributed by atoms with Gasteiger partial charge in [-0.05, 0) is 19.3 Å². The van der Waals surface area contributed by atoms with Crippen molar-refractivity contribution >= 4 is 17.9 Å². The van der Waals surface area contributed by atoms with Crippen LogP contribution in [-0.2, 0) is 28.6 Å². The van der Waals surface area contributed by atoms with Crippen molar-refractivity contribution in [3.8, 4) is 0 Å². The molecule has 0 aliphatic rings. The molecule has 2 unspecified atom stereocenters. The first-order valence-corrected chi connectivity index (χ1v) is 37.4. The summed E-state index contributed by atoms with van der Waals surface area (Å²) in [6.07, 6.45) is 80.3. The zero-order chi connectivity index (χ0) is 58.8. The Balaban J connectivity index is 4.44. The van der Waals surface area contributed by atoms with Crippen LogP contribution in [0, 0.1) is 11.8 Å². The van der Waals surface area contributed by atoms with Crippen molar-refractivity contribution < 1.29 is 28.6 Å². The Morgan fingerprint density at radius 3 is 0.617 bits per heavy atom. The Labute approximate surface area is 508 Å². The monoisotopic (exact) mass is 1140 g/mol. The van der Waals surface area contributed by atoms with Crippen molar-refractivity contribution in [3.63, 3.8) is 0 Å². The summed E-state index contributed by atoms with van der Waals surface area (Å²) in [5.74, 6) is -1.24. The molecule has 0 N–H and O–H groups in total. The van der Waals surface area contributed by atoms with Crippen LogP contribution >= 0.6 is 0 Å². The summed E-state index contributed by atoms with van der Waals surface area (Å²) >= 11 is 0. The second-order valence-electron chi connectivity index (χ2n) is 26.3. The predicted octanol–water partition coefficient (Wildman–Crippen LogP) is 25.5. The summed E-state index contributed by atoms with van der Waals surface area (Å²) < 4.78 is 17.4. The number of unbranched alkanes of at least 4 members (excludes halogenated alkanes) is 56. The summed E-state index contributed by atoms with van der Waals surface area (Å²) in [4.78, 5) is 39.4. The van der Waals surface area contributed by atoms with Crippen LogP contribution in [0.5, 0.6) is 0 Å². The van der Waals surface area contributed by atoms with Crippen molar-refractivity contribution in [2.24, 2.45) is 11.8 Å². The molecule has 0 amide bonds. The highest BCUT2D eigenvalue weighted by molar-refractivity contribution is 5.73. The number of carbonyl (C=O) groups excluding carboxylic acids is 3. The minimum atomic E-state index is -0.787. The van der Waals surface area contributed by atoms with Crippen molar-refractivity contribution in [2.75, 3.05) is 13.2 Å². The van der Waals surface area contributed by atoms with Crippen LogP contribution in [0.1, 0.15) is 433 Å². The van der Waals surface area contributed by atoms with Crippen LogP contribution in [-0.4, -0.2) is 37.2 Å². The van der Waals surface area contributed by atoms with E-state index >= 15 is 0 Å². The SMILES string of the molecule is CCCCCCCCCCCCCCCCCCCCCCCC(=O)OC(COC(=O)C(C)CCCCCCCCCCCCCCCCCCCCC)COC(=O)C(C)CCCCCCCCCCCCCCCCCCCCC. The summed E-state index contributed by atoms with van der Waals surface area (Å²) in [6, 6.07) is 0. The molecule has 0 aromatic rings. The lowest BCUT2D eigenvalue weighted by Gasteiger charge is -2.20. The normalized spacial score (nSPS) is 12.7. The zero-order valence-electron chi connectivity index (χ0n) is 55.9. The third kappa shape index (κ3) is 62.8. The third-order valence-corrected chi connectivity index (χ3v) is 17.9. The largest absolute Gasteiger partial charge is 0.461 e. The maximum absolute atomic E-state index is 13.2. The van der Waals surface area contributed by atoms with Crippen molar-refractivity contribution in [1.82, 2.24) is 0 Å². The first kappa shape index (κ1) is 79.4. The molecular weight excluding hydrogens is 997 g/mol. The van der Waals surface area contributed by atoms with E-state index in [1.807, 2.05) is 13.8 Å². The van der Waals surface area contributed by atoms with E-state index < -0.39 is 6.10 Å². The second-order valence-corrected chi connectivity index (χ2v) is 26.3. The molecule has 482 valence electrons. The molecule has 81 heavy (non-hydrogen) atoms. The Hall–Kier alpha value is -1.59. The lowest BCUT2D eigenvalue weighted by atomic mass is 10.0. The van der Waals surface area contributed by atoms with Gasteiger partial charge in [-0.1, -0.05) is 407 Å². The fourth-order valence-corrected chi connectivity index (χ4v) is 12.0. The first-order valence-electron chi connectivity index (χ1n) is 37.4. The molecule has 0 aromatic carbocycles. The molecule has 0 saturated heterocycles. The lowest BCUT2D eigenvalue weighted by Crippen LogP contribution is -2.32. The zero-order valence-corrected chi connectivity index (χ0v) is 55.9. The molecule has 0 aliphatic carbocycles. The lowest BCUT2D eigenvalue weighted by molar-refractivity contribution is -0.169. The molecule has 2 atom stereocenters. The highest BCUT2D eigenvalue weighted by Gasteiger charge is 2.23. The molecule has 0 bridgehead atoms. The predicted molar refractivity (Wildman–Crippen MR) is 353 cm³/mol. The number of carbonyl (C=O) groups is 3. The molecule has 0 fully saturated rings. The van der Waals surface area contributed by atoms with Gasteiger partial charge < -0.3 is 14.2 Å². The highest BCUT2D eigenvalue weighted by atomic mass is 16.6. The average Bonchev–Trinajstić information content (AvgIpc) is 3.47. The highest BCUT2D eigenvalue weighted by Crippen LogP contribution is 2.21. The van der Waals surface area contributed by atoms with E-state index in [-0.39, 0.29) is 43.0 Å². The van der Waals surface area contributed by atoms with Gasteiger partial charge in [0.25, 0.3) is 0 Å². The van der Waals surface area contributed by atoms with Crippen molar-refractivity contribution in [2.45, 2.75) is 439 Å². The number of rotatable bonds is 69. The van der Waals surface area contributed by atoms with E-state index in [9.17, 15) is 14.4 Å². The van der Waals surface area contributed by atoms with Gasteiger partial charge in [0.1, 0.15) is 13.2 Å². The van der Waals surface area contributed by atoms with Crippen LogP contribution in [0.2, 0.25) is 0 Å². The Morgan fingerprint density at radius 2 is 0.420 bits per heavy atom. The van der Waals surface area contributed by atoms with Gasteiger partial charge in [-0.15, -0.1) is 0 Å². The van der Waals surface area contributed by atoms with E-state index in [2.05, 4.69) is 20.8 Å². The smallest absolute Gasteiger partial charge is 0.308 e. The maximum atomic E-state index is 13.2. The van der Waals surface area contributed by atoms with E-state index in [4.69, 9.17) is 14.2 Å². The van der Waals surface area contributed by atoms with Crippen molar-refractivity contribution in [3.05, 3.63) is 0 Å². The van der Waals surface area contributed by atoms with Gasteiger partial charge in [0.15, 0.2) is 6.10 Å². The summed E-state index contributed by atoms with van der Waals surface area (Å²) in [5, 5.41) is 0. The molecule has 0 heterocycles. The molecule has 0 saturated carbocycles. The van der Waals surface area contributed by atoms with Gasteiger partial charge >= 0.3 is 17.9 Å². The van der Waals surface area contributed by atoms with E-state index in [1.165, 1.54) is 334 Å². The van der Waals surface area contributed by atoms with Gasteiger partial charge in [0.2, 0.25) is 0 Å². The number of hydrogen-bond acceptors (Lipinski definition) is 6. The molecule has 6 heteroatoms. The number of esters is 3. The van der Waals surface area contributed by atoms with Gasteiger partial charge in [0, 0.05) is 6.42 Å². The molecule has 0 aromatic heterocycles. The number of ether oxygens (including phenoxy) is 3. The van der Waals surface area contributed by atoms with Gasteiger partial charge in [0.05, 0.1) is 11.8 Å². The fourth-order valence-electron chi connectivity index (χ4n) is 12.0. The van der Waals surface area contributed by atoms with Crippen LogP contribution in [0.15, 0.2) is 0 Å². The Morgan fingerprint density at radius 1 is 0.247 bits per heavy atom. The van der Waals surface area contributed by atoms with Crippen molar-refractivity contribution in [1.29, 1.82) is 0 Å². The van der Waals surface area contributed by atoms with Crippen LogP contribution in [0.3, 0.4) is 0 Å². The second kappa shape index (κ2) is 67.5. The molecular formula is C75H146O6. The quantitative estimate of drug-likeness (QED) is 0.0343. The third-order valence-electron chi connectivity index (χ3n) is 17.9. The molecule has 6 nitrogen and oxygen atoms in total. The molecule has 0 rings (SSSR count). The van der Waals surface area contributed by atoms with Crippen LogP contribution < -0.4 is 0 Å². The topological polar surface area (TPSA) is 78.9 Å². The van der Waals surface area contributed by atoms with Gasteiger partial charge in [-0.3, -0.25) is 14.4 Å². The summed E-state index contributed by atoms with van der Waals surface area (Å²) in [7, 11) is 0. The standard InChI is InChI=1S/C75H146O6/c1-6-9-12-15-18-21-24-27-30-33-36-37-40-43-46-49-52-55-58-61-64-67-73(76)81-72(68-79-74(77)70(4)65-62-59-56-53-50-47-44-41-38-34-31-28-25-22-19-16-13-10-7-2)69-80-75(78)71(5)66-63-60-57-54-51-48-45-42-39-35-32-29-26-23-20-17-14-11-8-3/h70-72H,6-69H2,1-5H3. The first-order chi connectivity index (χ1) is 39.8. The van der Waals surface area contributed by atoms with Gasteiger partial charge in [-0.25, -0.2) is 0 Å². The Bertz CT molecular complexity index is 1190. The van der Waals surface area contributed by atoms with Gasteiger partial charge in [-0.2, -0.15) is 0 Å². The van der Waals surface area contributed by atoms with Crippen LogP contribution in [0.25, 0.3) is 0 Å². The molecule has 0 radical (unpaired) electrons. The fraction of sp³-hybridized carbons (Fsp3) is 0.960. The van der Waals surface area contributed by atoms with Crippen LogP contribution in [0.4, 0.5) is 0 Å². The minimum Gasteiger partial charge on any atom is -0.461 e. The van der Waals surface area contributed by atoms with E-state index in [0.717, 1.165) is 57.8 Å². The molecule has 0 spiro atoms. The minimum absolute atomic E-state index is 0.0750. The Kier molecular flexibility index (Phi) is 66.2. The van der Waals surface area contributed by atoms with E-state index in [0.29, 0.717) is 6.42 Å². The summed E-state index contributed by atoms with van der Waals surface area (Å²) in [6.45, 7) is 10.6. The van der Waals surface area contributed by atoms with E-state index in [1.54, 1.807) is 0 Å². The maximum Gasteiger partial charge on any atom is 0.308 e. The average molecular weight is 1140 g/mol. The molecule has 0 aliphatic heterocycles. The number of hydrogen-bond donors (Lipinski definition) is 0. The summed E-state index contributed by atoms with van der Waals surface area (Å²) in [5.41, 5.74) is 0.